The predicted molar refractivity (Wildman–Crippen MR) is 98.8 cm³/mol. The summed E-state index contributed by atoms with van der Waals surface area (Å²) >= 11 is 5.99. The summed E-state index contributed by atoms with van der Waals surface area (Å²) in [4.78, 5) is 25.2. The van der Waals surface area contributed by atoms with Gasteiger partial charge in [-0.15, -0.1) is 12.4 Å². The number of hydrogen-bond donors (Lipinski definition) is 3. The Hall–Kier alpha value is -1.70. The van der Waals surface area contributed by atoms with Gasteiger partial charge in [-0.1, -0.05) is 11.6 Å². The minimum atomic E-state index is -0.794. The Morgan fingerprint density at radius 3 is 2.60 bits per heavy atom. The number of nitrogens with two attached hydrogens (primary N) is 1. The van der Waals surface area contributed by atoms with Crippen LogP contribution in [0.15, 0.2) is 12.1 Å². The van der Waals surface area contributed by atoms with E-state index in [0.29, 0.717) is 28.6 Å². The molecule has 1 aromatic rings. The molecule has 0 saturated carbocycles. The van der Waals surface area contributed by atoms with Crippen molar-refractivity contribution in [3.05, 3.63) is 22.7 Å². The Balaban J connectivity index is 0.00000312. The van der Waals surface area contributed by atoms with Crippen molar-refractivity contribution in [2.24, 2.45) is 0 Å². The lowest BCUT2D eigenvalue weighted by molar-refractivity contribution is -0.137. The van der Waals surface area contributed by atoms with E-state index < -0.39 is 5.97 Å². The maximum Gasteiger partial charge on any atom is 0.304 e. The smallest absolute Gasteiger partial charge is 0.304 e. The lowest BCUT2D eigenvalue weighted by atomic mass is 10.0. The molecule has 0 atom stereocenters. The number of rotatable bonds is 6. The fourth-order valence-electron chi connectivity index (χ4n) is 2.73. The molecular weight excluding hydrogens is 369 g/mol. The van der Waals surface area contributed by atoms with E-state index in [1.807, 2.05) is 0 Å². The molecule has 0 aliphatic carbocycles. The van der Waals surface area contributed by atoms with Crippen molar-refractivity contribution in [3.63, 3.8) is 0 Å². The van der Waals surface area contributed by atoms with Gasteiger partial charge in [-0.3, -0.25) is 9.59 Å². The number of hydrogen-bond acceptors (Lipinski definition) is 5. The number of benzene rings is 1. The zero-order valence-electron chi connectivity index (χ0n) is 14.0. The summed E-state index contributed by atoms with van der Waals surface area (Å²) < 4.78 is 5.20. The zero-order chi connectivity index (χ0) is 17.7. The molecule has 140 valence electrons. The van der Waals surface area contributed by atoms with Crippen LogP contribution in [0.2, 0.25) is 5.02 Å². The minimum Gasteiger partial charge on any atom is -0.496 e. The van der Waals surface area contributed by atoms with Crippen molar-refractivity contribution in [1.82, 2.24) is 10.2 Å². The number of likely N-dealkylation sites (tertiary alicyclic amines) is 1. The first-order valence-corrected chi connectivity index (χ1v) is 8.16. The Bertz CT molecular complexity index is 620. The van der Waals surface area contributed by atoms with Gasteiger partial charge < -0.3 is 25.8 Å². The van der Waals surface area contributed by atoms with Crippen LogP contribution in [0.3, 0.4) is 0 Å². The van der Waals surface area contributed by atoms with Crippen LogP contribution in [0.5, 0.6) is 5.75 Å². The maximum absolute atomic E-state index is 12.5. The highest BCUT2D eigenvalue weighted by Crippen LogP contribution is 2.29. The second-order valence-corrected chi connectivity index (χ2v) is 6.21. The van der Waals surface area contributed by atoms with E-state index in [9.17, 15) is 9.59 Å². The molecule has 1 aliphatic heterocycles. The average molecular weight is 392 g/mol. The van der Waals surface area contributed by atoms with Gasteiger partial charge in [0.1, 0.15) is 5.75 Å². The third-order valence-corrected chi connectivity index (χ3v) is 4.46. The van der Waals surface area contributed by atoms with E-state index in [-0.39, 0.29) is 30.8 Å². The molecular formula is C16H23Cl2N3O4. The molecule has 0 unspecified atom stereocenters. The number of carbonyl (C=O) groups excluding carboxylic acids is 1. The van der Waals surface area contributed by atoms with Crippen molar-refractivity contribution >= 4 is 41.6 Å². The molecule has 1 saturated heterocycles. The van der Waals surface area contributed by atoms with Crippen LogP contribution in [0.1, 0.15) is 29.6 Å². The van der Waals surface area contributed by atoms with Crippen molar-refractivity contribution in [1.29, 1.82) is 0 Å². The maximum atomic E-state index is 12.5. The highest BCUT2D eigenvalue weighted by molar-refractivity contribution is 6.33. The number of nitrogen functional groups attached to an aromatic ring is 1. The summed E-state index contributed by atoms with van der Waals surface area (Å²) in [6, 6.07) is 3.08. The van der Waals surface area contributed by atoms with E-state index in [1.54, 1.807) is 0 Å². The standard InChI is InChI=1S/C16H22ClN3O4.ClH/c1-24-14-9-13(18)12(17)8-11(14)16(23)19-10-2-5-20(6-3-10)7-4-15(21)22;/h8-10H,2-7,18H2,1H3,(H,19,23)(H,21,22);1H. The molecule has 4 N–H and O–H groups in total. The van der Waals surface area contributed by atoms with E-state index in [2.05, 4.69) is 10.2 Å². The Morgan fingerprint density at radius 2 is 2.04 bits per heavy atom. The van der Waals surface area contributed by atoms with Crippen molar-refractivity contribution in [3.8, 4) is 5.75 Å². The van der Waals surface area contributed by atoms with Crippen LogP contribution in [0.4, 0.5) is 5.69 Å². The summed E-state index contributed by atoms with van der Waals surface area (Å²) in [6.07, 6.45) is 1.69. The Labute approximate surface area is 157 Å². The number of nitrogens with one attached hydrogen (secondary N) is 1. The fraction of sp³-hybridized carbons (Fsp3) is 0.500. The van der Waals surface area contributed by atoms with Gasteiger partial charge in [0, 0.05) is 31.7 Å². The minimum absolute atomic E-state index is 0. The lowest BCUT2D eigenvalue weighted by Crippen LogP contribution is -2.45. The van der Waals surface area contributed by atoms with Crippen LogP contribution in [0.25, 0.3) is 0 Å². The number of carboxylic acids is 1. The zero-order valence-corrected chi connectivity index (χ0v) is 15.5. The number of carbonyl (C=O) groups is 2. The molecule has 2 rings (SSSR count). The molecule has 1 heterocycles. The molecule has 9 heteroatoms. The lowest BCUT2D eigenvalue weighted by Gasteiger charge is -2.32. The summed E-state index contributed by atoms with van der Waals surface area (Å²) in [5, 5.41) is 12.0. The normalized spacial score (nSPS) is 15.3. The van der Waals surface area contributed by atoms with Gasteiger partial charge in [-0.25, -0.2) is 0 Å². The molecule has 1 fully saturated rings. The predicted octanol–water partition coefficient (Wildman–Crippen LogP) is 2.02. The largest absolute Gasteiger partial charge is 0.496 e. The van der Waals surface area contributed by atoms with Crippen molar-refractivity contribution in [2.75, 3.05) is 32.5 Å². The number of carboxylic acid groups (broad SMARTS) is 1. The number of amides is 1. The monoisotopic (exact) mass is 391 g/mol. The number of anilines is 1. The third-order valence-electron chi connectivity index (χ3n) is 4.13. The SMILES string of the molecule is COc1cc(N)c(Cl)cc1C(=O)NC1CCN(CCC(=O)O)CC1.Cl. The van der Waals surface area contributed by atoms with Crippen molar-refractivity contribution in [2.45, 2.75) is 25.3 Å². The Morgan fingerprint density at radius 1 is 1.40 bits per heavy atom. The number of aliphatic carboxylic acids is 1. The molecule has 0 aromatic heterocycles. The highest BCUT2D eigenvalue weighted by Gasteiger charge is 2.23. The van der Waals surface area contributed by atoms with Gasteiger partial charge in [0.25, 0.3) is 5.91 Å². The van der Waals surface area contributed by atoms with Gasteiger partial charge in [-0.05, 0) is 18.9 Å². The molecule has 25 heavy (non-hydrogen) atoms. The topological polar surface area (TPSA) is 105 Å². The first kappa shape index (κ1) is 21.3. The van der Waals surface area contributed by atoms with E-state index >= 15 is 0 Å². The summed E-state index contributed by atoms with van der Waals surface area (Å²) in [5.74, 6) is -0.663. The third kappa shape index (κ3) is 5.95. The molecule has 1 aliphatic rings. The first-order valence-electron chi connectivity index (χ1n) is 7.78. The van der Waals surface area contributed by atoms with Crippen LogP contribution < -0.4 is 15.8 Å². The molecule has 0 radical (unpaired) electrons. The van der Waals surface area contributed by atoms with Gasteiger partial charge in [-0.2, -0.15) is 0 Å². The number of halogens is 2. The van der Waals surface area contributed by atoms with E-state index in [0.717, 1.165) is 25.9 Å². The molecule has 0 spiro atoms. The van der Waals surface area contributed by atoms with Gasteiger partial charge >= 0.3 is 5.97 Å². The first-order chi connectivity index (χ1) is 11.4. The number of piperidine rings is 1. The molecule has 0 bridgehead atoms. The quantitative estimate of drug-likeness (QED) is 0.640. The second kappa shape index (κ2) is 9.70. The number of nitrogens with zero attached hydrogens (tertiary/aromatic N) is 1. The highest BCUT2D eigenvalue weighted by atomic mass is 35.5. The summed E-state index contributed by atoms with van der Waals surface area (Å²) in [6.45, 7) is 2.06. The van der Waals surface area contributed by atoms with Crippen LogP contribution in [-0.4, -0.2) is 54.7 Å². The molecule has 1 aromatic carbocycles. The summed E-state index contributed by atoms with van der Waals surface area (Å²) in [5.41, 5.74) is 6.43. The fourth-order valence-corrected chi connectivity index (χ4v) is 2.90. The van der Waals surface area contributed by atoms with Crippen LogP contribution >= 0.6 is 24.0 Å². The van der Waals surface area contributed by atoms with E-state index in [1.165, 1.54) is 19.2 Å². The molecule has 7 nitrogen and oxygen atoms in total. The van der Waals surface area contributed by atoms with Crippen molar-refractivity contribution < 1.29 is 19.4 Å². The van der Waals surface area contributed by atoms with Gasteiger partial charge in [0.15, 0.2) is 0 Å². The van der Waals surface area contributed by atoms with Gasteiger partial charge in [0.2, 0.25) is 0 Å². The number of ether oxygens (including phenoxy) is 1. The van der Waals surface area contributed by atoms with Crippen LogP contribution in [0, 0.1) is 0 Å². The van der Waals surface area contributed by atoms with Crippen LogP contribution in [-0.2, 0) is 4.79 Å². The average Bonchev–Trinajstić information content (AvgIpc) is 2.56. The van der Waals surface area contributed by atoms with E-state index in [4.69, 9.17) is 27.2 Å². The number of methoxy groups -OCH3 is 1. The Kier molecular flexibility index (Phi) is 8.28. The second-order valence-electron chi connectivity index (χ2n) is 5.81. The summed E-state index contributed by atoms with van der Waals surface area (Å²) in [7, 11) is 1.47. The van der Waals surface area contributed by atoms with Gasteiger partial charge in [0.05, 0.1) is 29.8 Å². The molecule has 1 amide bonds.